The zero-order valence-electron chi connectivity index (χ0n) is 11.3. The zero-order chi connectivity index (χ0) is 14.1. The molecule has 5 nitrogen and oxygen atoms in total. The van der Waals surface area contributed by atoms with Crippen molar-refractivity contribution in [1.29, 1.82) is 0 Å². The number of non-ortho nitro benzene ring substituents is 1. The summed E-state index contributed by atoms with van der Waals surface area (Å²) in [6.45, 7) is 2.27. The Labute approximate surface area is 117 Å². The van der Waals surface area contributed by atoms with Gasteiger partial charge in [0.15, 0.2) is 0 Å². The first-order chi connectivity index (χ1) is 9.65. The van der Waals surface area contributed by atoms with Crippen LogP contribution in [0.15, 0.2) is 41.5 Å². The maximum Gasteiger partial charge on any atom is 0.269 e. The molecule has 0 amide bonds. The molecule has 0 aromatic heterocycles. The van der Waals surface area contributed by atoms with Gasteiger partial charge in [0.25, 0.3) is 5.69 Å². The summed E-state index contributed by atoms with van der Waals surface area (Å²) in [4.78, 5) is 10.2. The fourth-order valence-corrected chi connectivity index (χ4v) is 3.21. The van der Waals surface area contributed by atoms with Crippen molar-refractivity contribution in [2.45, 2.75) is 13.3 Å². The van der Waals surface area contributed by atoms with Crippen LogP contribution in [-0.2, 0) is 0 Å². The highest BCUT2D eigenvalue weighted by Gasteiger charge is 2.40. The van der Waals surface area contributed by atoms with Crippen LogP contribution in [0.2, 0.25) is 0 Å². The fraction of sp³-hybridized carbons (Fsp3) is 0.400. The Morgan fingerprint density at radius 3 is 2.60 bits per heavy atom. The van der Waals surface area contributed by atoms with Crippen LogP contribution in [0, 0.1) is 33.8 Å². The van der Waals surface area contributed by atoms with E-state index in [1.54, 1.807) is 12.1 Å². The number of anilines is 1. The summed E-state index contributed by atoms with van der Waals surface area (Å²) in [5.41, 5.74) is 3.79. The zero-order valence-corrected chi connectivity index (χ0v) is 11.3. The molecular formula is C15H17N3O2. The maximum absolute atomic E-state index is 10.6. The topological polar surface area (TPSA) is 67.5 Å². The average Bonchev–Trinajstić information content (AvgIpc) is 3.02. The van der Waals surface area contributed by atoms with Crippen molar-refractivity contribution in [2.24, 2.45) is 28.8 Å². The number of hydrazone groups is 1. The number of benzene rings is 1. The Bertz CT molecular complexity index is 565. The van der Waals surface area contributed by atoms with Crippen LogP contribution >= 0.6 is 0 Å². The Morgan fingerprint density at radius 2 is 2.00 bits per heavy atom. The summed E-state index contributed by atoms with van der Waals surface area (Å²) in [7, 11) is 0. The molecule has 5 heteroatoms. The number of allylic oxidation sites excluding steroid dienone is 2. The normalized spacial score (nSPS) is 31.1. The van der Waals surface area contributed by atoms with Gasteiger partial charge in [-0.05, 0) is 36.3 Å². The van der Waals surface area contributed by atoms with Crippen molar-refractivity contribution in [1.82, 2.24) is 0 Å². The van der Waals surface area contributed by atoms with E-state index in [0.29, 0.717) is 23.7 Å². The lowest BCUT2D eigenvalue weighted by Gasteiger charge is -2.20. The molecule has 1 N–H and O–H groups in total. The monoisotopic (exact) mass is 271 g/mol. The van der Waals surface area contributed by atoms with Crippen LogP contribution in [0.1, 0.15) is 13.3 Å². The van der Waals surface area contributed by atoms with E-state index < -0.39 is 4.92 Å². The standard InChI is InChI=1S/C15H17N3O2/c1-10-11-2-3-12(8-11)15(10)9-16-17-13-4-6-14(7-5-13)18(19)20/h2-7,9-12,15,17H,8H2,1H3/b16-9-/t10-,11+,12+,15+/m1/s1. The minimum Gasteiger partial charge on any atom is -0.279 e. The maximum atomic E-state index is 10.6. The predicted molar refractivity (Wildman–Crippen MR) is 78.6 cm³/mol. The molecule has 0 radical (unpaired) electrons. The molecule has 1 aromatic carbocycles. The summed E-state index contributed by atoms with van der Waals surface area (Å²) >= 11 is 0. The number of nitrogens with one attached hydrogen (secondary N) is 1. The number of hydrogen-bond donors (Lipinski definition) is 1. The Balaban J connectivity index is 1.60. The third-order valence-corrected chi connectivity index (χ3v) is 4.45. The molecule has 2 bridgehead atoms. The molecule has 104 valence electrons. The second kappa shape index (κ2) is 5.07. The summed E-state index contributed by atoms with van der Waals surface area (Å²) in [5.74, 6) is 2.47. The van der Waals surface area contributed by atoms with Gasteiger partial charge in [0, 0.05) is 24.3 Å². The van der Waals surface area contributed by atoms with Gasteiger partial charge < -0.3 is 0 Å². The average molecular weight is 271 g/mol. The van der Waals surface area contributed by atoms with E-state index in [9.17, 15) is 10.1 Å². The number of nitrogens with zero attached hydrogens (tertiary/aromatic N) is 2. The first kappa shape index (κ1) is 12.8. The van der Waals surface area contributed by atoms with E-state index in [0.717, 1.165) is 5.69 Å². The highest BCUT2D eigenvalue weighted by molar-refractivity contribution is 5.65. The van der Waals surface area contributed by atoms with Gasteiger partial charge in [-0.1, -0.05) is 19.1 Å². The minimum absolute atomic E-state index is 0.0893. The Kier molecular flexibility index (Phi) is 3.26. The molecule has 2 aliphatic carbocycles. The smallest absolute Gasteiger partial charge is 0.269 e. The number of nitro groups is 1. The van der Waals surface area contributed by atoms with Crippen molar-refractivity contribution < 1.29 is 4.92 Å². The highest BCUT2D eigenvalue weighted by Crippen LogP contribution is 2.46. The predicted octanol–water partition coefficient (Wildman–Crippen LogP) is 3.45. The quantitative estimate of drug-likeness (QED) is 0.394. The van der Waals surface area contributed by atoms with Gasteiger partial charge in [-0.15, -0.1) is 0 Å². The molecule has 1 fully saturated rings. The van der Waals surface area contributed by atoms with E-state index in [1.165, 1.54) is 18.6 Å². The van der Waals surface area contributed by atoms with Crippen LogP contribution < -0.4 is 5.43 Å². The van der Waals surface area contributed by atoms with E-state index in [2.05, 4.69) is 29.6 Å². The number of fused-ring (bicyclic) bond motifs is 2. The number of rotatable bonds is 4. The largest absolute Gasteiger partial charge is 0.279 e. The molecule has 1 saturated carbocycles. The van der Waals surface area contributed by atoms with Gasteiger partial charge in [0.2, 0.25) is 0 Å². The van der Waals surface area contributed by atoms with Gasteiger partial charge >= 0.3 is 0 Å². The summed E-state index contributed by atoms with van der Waals surface area (Å²) < 4.78 is 0. The lowest BCUT2D eigenvalue weighted by molar-refractivity contribution is -0.384. The van der Waals surface area contributed by atoms with Crippen molar-refractivity contribution in [3.05, 3.63) is 46.5 Å². The fourth-order valence-electron chi connectivity index (χ4n) is 3.21. The van der Waals surface area contributed by atoms with Crippen LogP contribution in [0.3, 0.4) is 0 Å². The van der Waals surface area contributed by atoms with E-state index in [1.807, 2.05) is 6.21 Å². The third-order valence-electron chi connectivity index (χ3n) is 4.45. The van der Waals surface area contributed by atoms with Crippen molar-refractivity contribution >= 4 is 17.6 Å². The summed E-state index contributed by atoms with van der Waals surface area (Å²) in [5, 5.41) is 14.8. The molecule has 20 heavy (non-hydrogen) atoms. The third kappa shape index (κ3) is 2.31. The van der Waals surface area contributed by atoms with Gasteiger partial charge in [-0.3, -0.25) is 15.5 Å². The molecule has 0 saturated heterocycles. The van der Waals surface area contributed by atoms with Crippen molar-refractivity contribution in [3.8, 4) is 0 Å². The van der Waals surface area contributed by atoms with Gasteiger partial charge in [0.05, 0.1) is 10.6 Å². The second-order valence-electron chi connectivity index (χ2n) is 5.58. The van der Waals surface area contributed by atoms with Gasteiger partial charge in [-0.25, -0.2) is 0 Å². The van der Waals surface area contributed by atoms with Crippen molar-refractivity contribution in [2.75, 3.05) is 5.43 Å². The number of nitro benzene ring substituents is 1. The SMILES string of the molecule is C[C@H]1[C@H](/C=N\Nc2ccc([N+](=O)[O-])cc2)[C@H]2C=C[C@H]1C2. The first-order valence-electron chi connectivity index (χ1n) is 6.87. The summed E-state index contributed by atoms with van der Waals surface area (Å²) in [6, 6.07) is 6.28. The van der Waals surface area contributed by atoms with Crippen LogP contribution in [0.5, 0.6) is 0 Å². The number of hydrogen-bond acceptors (Lipinski definition) is 4. The second-order valence-corrected chi connectivity index (χ2v) is 5.58. The minimum atomic E-state index is -0.406. The Morgan fingerprint density at radius 1 is 1.30 bits per heavy atom. The van der Waals surface area contributed by atoms with E-state index in [-0.39, 0.29) is 5.69 Å². The molecular weight excluding hydrogens is 254 g/mol. The van der Waals surface area contributed by atoms with Gasteiger partial charge in [-0.2, -0.15) is 5.10 Å². The van der Waals surface area contributed by atoms with E-state index >= 15 is 0 Å². The molecule has 2 aliphatic rings. The van der Waals surface area contributed by atoms with Crippen LogP contribution in [0.25, 0.3) is 0 Å². The molecule has 0 heterocycles. The summed E-state index contributed by atoms with van der Waals surface area (Å²) in [6.07, 6.45) is 7.85. The molecule has 0 aliphatic heterocycles. The molecule has 1 aromatic rings. The lowest BCUT2D eigenvalue weighted by Crippen LogP contribution is -2.18. The molecule has 4 atom stereocenters. The lowest BCUT2D eigenvalue weighted by atomic mass is 9.85. The highest BCUT2D eigenvalue weighted by atomic mass is 16.6. The van der Waals surface area contributed by atoms with Crippen molar-refractivity contribution in [3.63, 3.8) is 0 Å². The van der Waals surface area contributed by atoms with Gasteiger partial charge in [0.1, 0.15) is 0 Å². The first-order valence-corrected chi connectivity index (χ1v) is 6.87. The van der Waals surface area contributed by atoms with E-state index in [4.69, 9.17) is 0 Å². The molecule has 3 rings (SSSR count). The molecule has 0 unspecified atom stereocenters. The molecule has 0 spiro atoms. The van der Waals surface area contributed by atoms with Crippen LogP contribution in [-0.4, -0.2) is 11.1 Å². The Hall–Kier alpha value is -2.17. The van der Waals surface area contributed by atoms with Crippen LogP contribution in [0.4, 0.5) is 11.4 Å².